The number of carbonyl (C=O) groups is 1. The SMILES string of the molecule is O=C(NCCc1ncc[nH]1)c1cccc(C#CCO)c1. The molecule has 0 atom stereocenters. The molecule has 0 spiro atoms. The molecule has 1 aromatic heterocycles. The molecule has 1 amide bonds. The molecule has 0 aliphatic heterocycles. The Bertz CT molecular complexity index is 624. The number of rotatable bonds is 4. The van der Waals surface area contributed by atoms with E-state index in [1.54, 1.807) is 36.7 Å². The van der Waals surface area contributed by atoms with Crippen molar-refractivity contribution in [1.82, 2.24) is 15.3 Å². The Labute approximate surface area is 117 Å². The molecule has 1 aromatic carbocycles. The van der Waals surface area contributed by atoms with Gasteiger partial charge in [-0.3, -0.25) is 4.79 Å². The van der Waals surface area contributed by atoms with Crippen molar-refractivity contribution in [3.05, 3.63) is 53.6 Å². The highest BCUT2D eigenvalue weighted by Gasteiger charge is 2.05. The molecule has 102 valence electrons. The fourth-order valence-electron chi connectivity index (χ4n) is 1.71. The summed E-state index contributed by atoms with van der Waals surface area (Å²) >= 11 is 0. The van der Waals surface area contributed by atoms with Gasteiger partial charge in [-0.2, -0.15) is 0 Å². The third-order valence-electron chi connectivity index (χ3n) is 2.64. The minimum atomic E-state index is -0.195. The first kappa shape index (κ1) is 13.8. The smallest absolute Gasteiger partial charge is 0.251 e. The summed E-state index contributed by atoms with van der Waals surface area (Å²) in [7, 11) is 0. The molecular weight excluding hydrogens is 254 g/mol. The molecule has 0 saturated heterocycles. The summed E-state index contributed by atoms with van der Waals surface area (Å²) in [5.41, 5.74) is 1.26. The maximum Gasteiger partial charge on any atom is 0.251 e. The highest BCUT2D eigenvalue weighted by molar-refractivity contribution is 5.94. The van der Waals surface area contributed by atoms with Crippen LogP contribution >= 0.6 is 0 Å². The molecule has 5 heteroatoms. The number of benzene rings is 1. The summed E-state index contributed by atoms with van der Waals surface area (Å²) in [4.78, 5) is 19.0. The number of aliphatic hydroxyl groups is 1. The van der Waals surface area contributed by atoms with E-state index < -0.39 is 0 Å². The van der Waals surface area contributed by atoms with Crippen LogP contribution < -0.4 is 5.32 Å². The van der Waals surface area contributed by atoms with E-state index in [1.165, 1.54) is 0 Å². The Morgan fingerprint density at radius 2 is 2.35 bits per heavy atom. The molecule has 3 N–H and O–H groups in total. The number of aromatic nitrogens is 2. The van der Waals surface area contributed by atoms with Gasteiger partial charge in [0.1, 0.15) is 12.4 Å². The van der Waals surface area contributed by atoms with Gasteiger partial charge in [-0.05, 0) is 18.2 Å². The second kappa shape index (κ2) is 7.12. The minimum absolute atomic E-state index is 0.149. The highest BCUT2D eigenvalue weighted by atomic mass is 16.2. The Hall–Kier alpha value is -2.58. The maximum absolute atomic E-state index is 12.0. The molecule has 5 nitrogen and oxygen atoms in total. The second-order valence-corrected chi connectivity index (χ2v) is 4.08. The predicted molar refractivity (Wildman–Crippen MR) is 75.0 cm³/mol. The topological polar surface area (TPSA) is 78.0 Å². The van der Waals surface area contributed by atoms with E-state index in [1.807, 2.05) is 0 Å². The van der Waals surface area contributed by atoms with E-state index in [0.29, 0.717) is 24.1 Å². The van der Waals surface area contributed by atoms with Crippen molar-refractivity contribution >= 4 is 5.91 Å². The summed E-state index contributed by atoms with van der Waals surface area (Å²) in [5, 5.41) is 11.5. The summed E-state index contributed by atoms with van der Waals surface area (Å²) in [6.07, 6.45) is 4.09. The molecule has 2 rings (SSSR count). The van der Waals surface area contributed by atoms with Crippen molar-refractivity contribution in [1.29, 1.82) is 0 Å². The number of hydrogen-bond acceptors (Lipinski definition) is 3. The van der Waals surface area contributed by atoms with E-state index in [2.05, 4.69) is 27.1 Å². The van der Waals surface area contributed by atoms with E-state index in [-0.39, 0.29) is 12.5 Å². The first-order chi connectivity index (χ1) is 9.79. The van der Waals surface area contributed by atoms with Crippen LogP contribution in [0.2, 0.25) is 0 Å². The van der Waals surface area contributed by atoms with Crippen LogP contribution in [-0.2, 0) is 6.42 Å². The van der Waals surface area contributed by atoms with Gasteiger partial charge in [0.2, 0.25) is 0 Å². The highest BCUT2D eigenvalue weighted by Crippen LogP contribution is 2.04. The summed E-state index contributed by atoms with van der Waals surface area (Å²) < 4.78 is 0. The average molecular weight is 269 g/mol. The number of H-pyrrole nitrogens is 1. The quantitative estimate of drug-likeness (QED) is 0.716. The average Bonchev–Trinajstić information content (AvgIpc) is 2.98. The molecule has 0 aliphatic carbocycles. The lowest BCUT2D eigenvalue weighted by Gasteiger charge is -2.04. The number of nitrogens with zero attached hydrogens (tertiary/aromatic N) is 1. The Balaban J connectivity index is 1.91. The number of hydrogen-bond donors (Lipinski definition) is 3. The summed E-state index contributed by atoms with van der Waals surface area (Å²) in [6, 6.07) is 6.99. The van der Waals surface area contributed by atoms with Crippen molar-refractivity contribution < 1.29 is 9.90 Å². The summed E-state index contributed by atoms with van der Waals surface area (Å²) in [6.45, 7) is 0.318. The monoisotopic (exact) mass is 269 g/mol. The third kappa shape index (κ3) is 3.97. The first-order valence-electron chi connectivity index (χ1n) is 6.26. The van der Waals surface area contributed by atoms with Gasteiger partial charge in [0.25, 0.3) is 5.91 Å². The van der Waals surface area contributed by atoms with Crippen molar-refractivity contribution in [3.8, 4) is 11.8 Å². The first-order valence-corrected chi connectivity index (χ1v) is 6.26. The van der Waals surface area contributed by atoms with Crippen molar-refractivity contribution in [2.45, 2.75) is 6.42 Å². The number of aliphatic hydroxyl groups excluding tert-OH is 1. The number of aromatic amines is 1. The van der Waals surface area contributed by atoms with Gasteiger partial charge >= 0.3 is 0 Å². The normalized spacial score (nSPS) is 9.65. The van der Waals surface area contributed by atoms with Crippen molar-refractivity contribution in [3.63, 3.8) is 0 Å². The predicted octanol–water partition coefficient (Wildman–Crippen LogP) is 0.726. The molecule has 0 saturated carbocycles. The molecule has 0 fully saturated rings. The Kier molecular flexibility index (Phi) is 4.93. The fraction of sp³-hybridized carbons (Fsp3) is 0.200. The molecule has 0 bridgehead atoms. The zero-order chi connectivity index (χ0) is 14.2. The van der Waals surface area contributed by atoms with Crippen LogP contribution in [-0.4, -0.2) is 34.1 Å². The zero-order valence-electron chi connectivity index (χ0n) is 10.9. The maximum atomic E-state index is 12.0. The van der Waals surface area contributed by atoms with Crippen LogP contribution in [0, 0.1) is 11.8 Å². The molecule has 0 unspecified atom stereocenters. The molecule has 1 heterocycles. The fourth-order valence-corrected chi connectivity index (χ4v) is 1.71. The van der Waals surface area contributed by atoms with Crippen LogP contribution in [0.5, 0.6) is 0 Å². The van der Waals surface area contributed by atoms with Crippen LogP contribution in [0.25, 0.3) is 0 Å². The van der Waals surface area contributed by atoms with Crippen molar-refractivity contribution in [2.24, 2.45) is 0 Å². The van der Waals surface area contributed by atoms with Crippen LogP contribution in [0.3, 0.4) is 0 Å². The molecule has 20 heavy (non-hydrogen) atoms. The second-order valence-electron chi connectivity index (χ2n) is 4.08. The largest absolute Gasteiger partial charge is 0.384 e. The van der Waals surface area contributed by atoms with Gasteiger partial charge in [0.15, 0.2) is 0 Å². The van der Waals surface area contributed by atoms with Gasteiger partial charge in [-0.1, -0.05) is 17.9 Å². The van der Waals surface area contributed by atoms with Crippen LogP contribution in [0.4, 0.5) is 0 Å². The molecule has 0 radical (unpaired) electrons. The molecular formula is C15H15N3O2. The number of nitrogens with one attached hydrogen (secondary N) is 2. The van der Waals surface area contributed by atoms with Gasteiger partial charge in [0, 0.05) is 36.5 Å². The van der Waals surface area contributed by atoms with E-state index >= 15 is 0 Å². The standard InChI is InChI=1S/C15H15N3O2/c19-10-2-4-12-3-1-5-13(11-12)15(20)18-7-6-14-16-8-9-17-14/h1,3,5,8-9,11,19H,6-7,10H2,(H,16,17)(H,18,20). The van der Waals surface area contributed by atoms with Gasteiger partial charge in [-0.15, -0.1) is 0 Å². The Morgan fingerprint density at radius 3 is 3.10 bits per heavy atom. The summed E-state index contributed by atoms with van der Waals surface area (Å²) in [5.74, 6) is 6.02. The Morgan fingerprint density at radius 1 is 1.45 bits per heavy atom. The third-order valence-corrected chi connectivity index (χ3v) is 2.64. The molecule has 0 aliphatic rings. The lowest BCUT2D eigenvalue weighted by Crippen LogP contribution is -2.25. The zero-order valence-corrected chi connectivity index (χ0v) is 10.9. The number of carbonyl (C=O) groups excluding carboxylic acids is 1. The number of amides is 1. The van der Waals surface area contributed by atoms with Gasteiger partial charge in [-0.25, -0.2) is 4.98 Å². The van der Waals surface area contributed by atoms with E-state index in [4.69, 9.17) is 5.11 Å². The van der Waals surface area contributed by atoms with Crippen molar-refractivity contribution in [2.75, 3.05) is 13.2 Å². The van der Waals surface area contributed by atoms with Crippen LogP contribution in [0.1, 0.15) is 21.7 Å². The number of imidazole rings is 1. The lowest BCUT2D eigenvalue weighted by atomic mass is 10.1. The van der Waals surface area contributed by atoms with E-state index in [0.717, 1.165) is 5.82 Å². The van der Waals surface area contributed by atoms with Gasteiger partial charge < -0.3 is 15.4 Å². The van der Waals surface area contributed by atoms with Crippen LogP contribution in [0.15, 0.2) is 36.7 Å². The van der Waals surface area contributed by atoms with Gasteiger partial charge in [0.05, 0.1) is 0 Å². The van der Waals surface area contributed by atoms with E-state index in [9.17, 15) is 4.79 Å². The molecule has 2 aromatic rings. The lowest BCUT2D eigenvalue weighted by molar-refractivity contribution is 0.0954. The minimum Gasteiger partial charge on any atom is -0.384 e.